The molecule has 2 aromatic rings. The monoisotopic (exact) mass is 463 g/mol. The quantitative estimate of drug-likeness (QED) is 0.661. The molecular weight excluding hydrogens is 442 g/mol. The van der Waals surface area contributed by atoms with E-state index in [2.05, 4.69) is 15.3 Å². The van der Waals surface area contributed by atoms with Crippen molar-refractivity contribution in [1.29, 1.82) is 0 Å². The SMILES string of the molecule is CNCc1cc(N2CCN(C(C=O)n3nc(C(F)(F)F)c(Cl)c3C)CC2)ccc1Cl. The molecule has 164 valence electrons. The smallest absolute Gasteiger partial charge is 0.369 e. The number of hydrogen-bond donors (Lipinski definition) is 1. The average molecular weight is 464 g/mol. The van der Waals surface area contributed by atoms with Gasteiger partial charge in [0.15, 0.2) is 18.1 Å². The van der Waals surface area contributed by atoms with E-state index in [0.29, 0.717) is 44.0 Å². The lowest BCUT2D eigenvalue weighted by Crippen LogP contribution is -2.49. The Labute approximate surface area is 182 Å². The molecule has 0 aliphatic carbocycles. The van der Waals surface area contributed by atoms with E-state index >= 15 is 0 Å². The number of carbonyl (C=O) groups excluding carboxylic acids is 1. The summed E-state index contributed by atoms with van der Waals surface area (Å²) in [7, 11) is 1.84. The minimum absolute atomic E-state index is 0.109. The van der Waals surface area contributed by atoms with E-state index in [-0.39, 0.29) is 5.69 Å². The zero-order valence-corrected chi connectivity index (χ0v) is 18.0. The summed E-state index contributed by atoms with van der Waals surface area (Å²) in [4.78, 5) is 15.7. The van der Waals surface area contributed by atoms with Gasteiger partial charge in [-0.2, -0.15) is 18.3 Å². The highest BCUT2D eigenvalue weighted by Crippen LogP contribution is 2.36. The fourth-order valence-electron chi connectivity index (χ4n) is 3.56. The number of hydrogen-bond acceptors (Lipinski definition) is 5. The molecule has 2 heterocycles. The Morgan fingerprint density at radius 3 is 2.43 bits per heavy atom. The standard InChI is InChI=1S/C19H22Cl2F3N5O/c1-12-17(21)18(19(22,23)24)26-29(12)16(11-30)28-7-5-27(6-8-28)14-3-4-15(20)13(9-14)10-25-2/h3-4,9,11,16,25H,5-8,10H2,1-2H3. The third-order valence-electron chi connectivity index (χ3n) is 5.17. The topological polar surface area (TPSA) is 53.4 Å². The number of halogens is 5. The van der Waals surface area contributed by atoms with E-state index < -0.39 is 23.1 Å². The van der Waals surface area contributed by atoms with Crippen LogP contribution >= 0.6 is 23.2 Å². The number of aromatic nitrogens is 2. The molecule has 11 heteroatoms. The second-order valence-electron chi connectivity index (χ2n) is 7.07. The number of alkyl halides is 3. The van der Waals surface area contributed by atoms with Crippen LogP contribution in [0, 0.1) is 6.92 Å². The van der Waals surface area contributed by atoms with Crippen molar-refractivity contribution < 1.29 is 18.0 Å². The molecule has 6 nitrogen and oxygen atoms in total. The molecule has 1 fully saturated rings. The van der Waals surface area contributed by atoms with E-state index in [4.69, 9.17) is 23.2 Å². The molecule has 30 heavy (non-hydrogen) atoms. The molecule has 1 saturated heterocycles. The van der Waals surface area contributed by atoms with Crippen LogP contribution in [0.5, 0.6) is 0 Å². The number of nitrogens with zero attached hydrogens (tertiary/aromatic N) is 4. The lowest BCUT2D eigenvalue weighted by atomic mass is 10.1. The number of benzene rings is 1. The van der Waals surface area contributed by atoms with E-state index in [9.17, 15) is 18.0 Å². The van der Waals surface area contributed by atoms with Gasteiger partial charge in [0.1, 0.15) is 0 Å². The molecule has 1 aliphatic heterocycles. The van der Waals surface area contributed by atoms with E-state index in [0.717, 1.165) is 15.9 Å². The molecule has 3 rings (SSSR count). The van der Waals surface area contributed by atoms with Crippen LogP contribution in [-0.2, 0) is 17.5 Å². The first-order chi connectivity index (χ1) is 14.2. The van der Waals surface area contributed by atoms with Crippen molar-refractivity contribution in [3.8, 4) is 0 Å². The zero-order valence-electron chi connectivity index (χ0n) is 16.5. The van der Waals surface area contributed by atoms with Crippen molar-refractivity contribution in [2.45, 2.75) is 25.8 Å². The third kappa shape index (κ3) is 4.59. The third-order valence-corrected chi connectivity index (χ3v) is 5.99. The minimum Gasteiger partial charge on any atom is -0.369 e. The lowest BCUT2D eigenvalue weighted by Gasteiger charge is -2.38. The predicted octanol–water partition coefficient (Wildman–Crippen LogP) is 3.76. The van der Waals surface area contributed by atoms with Crippen LogP contribution < -0.4 is 10.2 Å². The highest BCUT2D eigenvalue weighted by Gasteiger charge is 2.39. The van der Waals surface area contributed by atoms with Crippen molar-refractivity contribution in [2.75, 3.05) is 38.1 Å². The summed E-state index contributed by atoms with van der Waals surface area (Å²) in [6, 6.07) is 5.79. The van der Waals surface area contributed by atoms with Crippen LogP contribution in [0.3, 0.4) is 0 Å². The van der Waals surface area contributed by atoms with Crippen LogP contribution in [0.4, 0.5) is 18.9 Å². The Bertz CT molecular complexity index is 910. The lowest BCUT2D eigenvalue weighted by molar-refractivity contribution is -0.142. The van der Waals surface area contributed by atoms with Crippen molar-refractivity contribution in [3.63, 3.8) is 0 Å². The number of rotatable bonds is 6. The maximum Gasteiger partial charge on any atom is 0.436 e. The first kappa shape index (κ1) is 22.9. The average Bonchev–Trinajstić information content (AvgIpc) is 3.00. The van der Waals surface area contributed by atoms with Crippen LogP contribution in [-0.4, -0.2) is 54.2 Å². The largest absolute Gasteiger partial charge is 0.436 e. The fourth-order valence-corrected chi connectivity index (χ4v) is 3.98. The molecule has 1 unspecified atom stereocenters. The van der Waals surface area contributed by atoms with Gasteiger partial charge in [0, 0.05) is 43.4 Å². The molecule has 0 bridgehead atoms. The summed E-state index contributed by atoms with van der Waals surface area (Å²) in [6.07, 6.45) is -5.04. The van der Waals surface area contributed by atoms with Crippen LogP contribution in [0.25, 0.3) is 0 Å². The number of carbonyl (C=O) groups is 1. The van der Waals surface area contributed by atoms with Gasteiger partial charge in [0.05, 0.1) is 10.7 Å². The van der Waals surface area contributed by atoms with E-state index in [1.807, 2.05) is 25.2 Å². The Morgan fingerprint density at radius 1 is 1.23 bits per heavy atom. The number of aldehydes is 1. The number of nitrogens with one attached hydrogen (secondary N) is 1. The zero-order chi connectivity index (χ0) is 22.1. The fraction of sp³-hybridized carbons (Fsp3) is 0.474. The highest BCUT2D eigenvalue weighted by atomic mass is 35.5. The summed E-state index contributed by atoms with van der Waals surface area (Å²) in [5.41, 5.74) is 0.916. The Kier molecular flexibility index (Phi) is 6.96. The first-order valence-electron chi connectivity index (χ1n) is 9.36. The molecule has 1 aliphatic rings. The summed E-state index contributed by atoms with van der Waals surface area (Å²) >= 11 is 12.1. The van der Waals surface area contributed by atoms with Gasteiger partial charge in [0.25, 0.3) is 0 Å². The summed E-state index contributed by atoms with van der Waals surface area (Å²) in [5.74, 6) is 0. The maximum atomic E-state index is 13.1. The molecule has 1 aromatic heterocycles. The van der Waals surface area contributed by atoms with Crippen LogP contribution in [0.2, 0.25) is 10.0 Å². The maximum absolute atomic E-state index is 13.1. The van der Waals surface area contributed by atoms with Crippen molar-refractivity contribution in [2.24, 2.45) is 0 Å². The summed E-state index contributed by atoms with van der Waals surface area (Å²) in [5, 5.41) is 6.87. The van der Waals surface area contributed by atoms with Gasteiger partial charge in [0.2, 0.25) is 0 Å². The molecule has 0 radical (unpaired) electrons. The molecule has 1 aromatic carbocycles. The van der Waals surface area contributed by atoms with Crippen molar-refractivity contribution in [1.82, 2.24) is 20.0 Å². The molecular formula is C19H22Cl2F3N5O. The normalized spacial score (nSPS) is 16.7. The van der Waals surface area contributed by atoms with E-state index in [1.54, 1.807) is 4.90 Å². The van der Waals surface area contributed by atoms with Gasteiger partial charge in [-0.05, 0) is 37.7 Å². The summed E-state index contributed by atoms with van der Waals surface area (Å²) < 4.78 is 40.4. The molecule has 1 N–H and O–H groups in total. The van der Waals surface area contributed by atoms with Gasteiger partial charge in [-0.15, -0.1) is 0 Å². The van der Waals surface area contributed by atoms with Gasteiger partial charge < -0.3 is 10.2 Å². The second-order valence-corrected chi connectivity index (χ2v) is 7.85. The van der Waals surface area contributed by atoms with Gasteiger partial charge in [-0.3, -0.25) is 9.69 Å². The number of piperazine rings is 1. The van der Waals surface area contributed by atoms with Crippen LogP contribution in [0.1, 0.15) is 23.1 Å². The highest BCUT2D eigenvalue weighted by molar-refractivity contribution is 6.32. The van der Waals surface area contributed by atoms with Crippen molar-refractivity contribution in [3.05, 3.63) is 45.2 Å². The van der Waals surface area contributed by atoms with E-state index in [1.165, 1.54) is 6.92 Å². The van der Waals surface area contributed by atoms with Crippen LogP contribution in [0.15, 0.2) is 18.2 Å². The molecule has 0 spiro atoms. The summed E-state index contributed by atoms with van der Waals surface area (Å²) in [6.45, 7) is 4.22. The number of anilines is 1. The minimum atomic E-state index is -4.68. The second kappa shape index (κ2) is 9.13. The molecule has 0 saturated carbocycles. The van der Waals surface area contributed by atoms with Gasteiger partial charge in [-0.1, -0.05) is 23.2 Å². The predicted molar refractivity (Wildman–Crippen MR) is 110 cm³/mol. The van der Waals surface area contributed by atoms with Crippen molar-refractivity contribution >= 4 is 35.2 Å². The molecule has 0 amide bonds. The Hall–Kier alpha value is -1.81. The Morgan fingerprint density at radius 2 is 1.90 bits per heavy atom. The van der Waals surface area contributed by atoms with Gasteiger partial charge in [-0.25, -0.2) is 4.68 Å². The van der Waals surface area contributed by atoms with Gasteiger partial charge >= 0.3 is 6.18 Å². The Balaban J connectivity index is 1.76. The first-order valence-corrected chi connectivity index (χ1v) is 10.1. The molecule has 1 atom stereocenters.